The highest BCUT2D eigenvalue weighted by Gasteiger charge is 2.17. The van der Waals surface area contributed by atoms with Gasteiger partial charge in [0.2, 0.25) is 0 Å². The van der Waals surface area contributed by atoms with Crippen molar-refractivity contribution < 1.29 is 0 Å². The summed E-state index contributed by atoms with van der Waals surface area (Å²) in [6.45, 7) is 0. The Kier molecular flexibility index (Phi) is 4.43. The van der Waals surface area contributed by atoms with Crippen molar-refractivity contribution in [2.45, 2.75) is 0 Å². The third-order valence-corrected chi connectivity index (χ3v) is 10.4. The molecule has 0 radical (unpaired) electrons. The van der Waals surface area contributed by atoms with Crippen LogP contribution in [-0.4, -0.2) is 18.3 Å². The van der Waals surface area contributed by atoms with Crippen LogP contribution in [0.1, 0.15) is 0 Å². The molecule has 6 aromatic carbocycles. The molecular weight excluding hydrogens is 536 g/mol. The van der Waals surface area contributed by atoms with E-state index < -0.39 is 0 Å². The summed E-state index contributed by atoms with van der Waals surface area (Å²) < 4.78 is 9.35. The van der Waals surface area contributed by atoms with Crippen molar-refractivity contribution in [2.24, 2.45) is 28.2 Å². The van der Waals surface area contributed by atoms with E-state index in [-0.39, 0.29) is 0 Å². The molecule has 0 fully saturated rings. The molecule has 0 saturated carbocycles. The Hall–Kier alpha value is -5.48. The molecule has 4 aromatic heterocycles. The Balaban J connectivity index is 1.21. The Morgan fingerprint density at radius 2 is 0.568 bits per heavy atom. The van der Waals surface area contributed by atoms with Crippen molar-refractivity contribution in [1.82, 2.24) is 18.3 Å². The molecule has 0 unspecified atom stereocenters. The lowest BCUT2D eigenvalue weighted by Gasteiger charge is -2.05. The Labute approximate surface area is 253 Å². The first-order chi connectivity index (χ1) is 21.5. The van der Waals surface area contributed by atoms with Crippen LogP contribution < -0.4 is 0 Å². The molecule has 0 bridgehead atoms. The van der Waals surface area contributed by atoms with Gasteiger partial charge in [0.15, 0.2) is 0 Å². The fourth-order valence-electron chi connectivity index (χ4n) is 8.08. The normalized spacial score (nSPS) is 12.5. The molecule has 4 nitrogen and oxygen atoms in total. The zero-order chi connectivity index (χ0) is 29.4. The second kappa shape index (κ2) is 8.12. The molecule has 210 valence electrons. The van der Waals surface area contributed by atoms with Crippen molar-refractivity contribution in [3.05, 3.63) is 109 Å². The number of hydrogen-bond acceptors (Lipinski definition) is 0. The van der Waals surface area contributed by atoms with Gasteiger partial charge in [0.25, 0.3) is 0 Å². The first kappa shape index (κ1) is 24.0. The predicted molar refractivity (Wildman–Crippen MR) is 188 cm³/mol. The van der Waals surface area contributed by atoms with E-state index in [9.17, 15) is 0 Å². The van der Waals surface area contributed by atoms with Gasteiger partial charge in [0.05, 0.1) is 0 Å². The lowest BCUT2D eigenvalue weighted by molar-refractivity contribution is 1.01. The second-order valence-corrected chi connectivity index (χ2v) is 12.5. The summed E-state index contributed by atoms with van der Waals surface area (Å²) in [5.41, 5.74) is 12.6. The van der Waals surface area contributed by atoms with Crippen LogP contribution in [0, 0.1) is 0 Å². The summed E-state index contributed by atoms with van der Waals surface area (Å²) in [6, 6.07) is 40.9. The van der Waals surface area contributed by atoms with Gasteiger partial charge in [-0.15, -0.1) is 0 Å². The number of fused-ring (bicyclic) bond motifs is 12. The molecule has 0 saturated heterocycles. The Morgan fingerprint density at radius 3 is 0.955 bits per heavy atom. The average Bonchev–Trinajstić information content (AvgIpc) is 3.71. The molecule has 10 aromatic rings. The molecule has 0 aliphatic rings. The highest BCUT2D eigenvalue weighted by molar-refractivity contribution is 6.20. The second-order valence-electron chi connectivity index (χ2n) is 12.5. The van der Waals surface area contributed by atoms with Crippen molar-refractivity contribution in [1.29, 1.82) is 0 Å². The number of benzene rings is 6. The van der Waals surface area contributed by atoms with E-state index in [0.717, 1.165) is 0 Å². The number of para-hydroxylation sites is 2. The van der Waals surface area contributed by atoms with Crippen LogP contribution in [0.2, 0.25) is 0 Å². The first-order valence-corrected chi connectivity index (χ1v) is 15.3. The number of aryl methyl sites for hydroxylation is 4. The van der Waals surface area contributed by atoms with Crippen LogP contribution in [-0.2, 0) is 28.2 Å². The third kappa shape index (κ3) is 2.88. The van der Waals surface area contributed by atoms with E-state index >= 15 is 0 Å². The highest BCUT2D eigenvalue weighted by Crippen LogP contribution is 2.40. The summed E-state index contributed by atoms with van der Waals surface area (Å²) in [5.74, 6) is 0. The van der Waals surface area contributed by atoms with Gasteiger partial charge in [-0.1, -0.05) is 48.5 Å². The van der Waals surface area contributed by atoms with E-state index in [2.05, 4.69) is 156 Å². The van der Waals surface area contributed by atoms with E-state index in [1.165, 1.54) is 98.4 Å². The van der Waals surface area contributed by atoms with E-state index in [0.29, 0.717) is 0 Å². The molecule has 0 atom stereocenters. The first-order valence-electron chi connectivity index (χ1n) is 15.3. The minimum atomic E-state index is 1.24. The topological polar surface area (TPSA) is 19.7 Å². The highest BCUT2D eigenvalue weighted by atomic mass is 15.0. The zero-order valence-corrected chi connectivity index (χ0v) is 25.2. The van der Waals surface area contributed by atoms with Crippen LogP contribution in [0.3, 0.4) is 0 Å². The Morgan fingerprint density at radius 1 is 0.273 bits per heavy atom. The number of rotatable bonds is 1. The van der Waals surface area contributed by atoms with Crippen molar-refractivity contribution in [3.8, 4) is 11.1 Å². The molecular formula is C40H30N4. The minimum absolute atomic E-state index is 1.24. The van der Waals surface area contributed by atoms with Gasteiger partial charge in [-0.2, -0.15) is 0 Å². The number of hydrogen-bond donors (Lipinski definition) is 0. The zero-order valence-electron chi connectivity index (χ0n) is 25.2. The number of nitrogens with zero attached hydrogens (tertiary/aromatic N) is 4. The monoisotopic (exact) mass is 566 g/mol. The molecule has 4 heteroatoms. The van der Waals surface area contributed by atoms with Gasteiger partial charge >= 0.3 is 0 Å². The quantitative estimate of drug-likeness (QED) is 0.188. The Bertz CT molecular complexity index is 2670. The van der Waals surface area contributed by atoms with Gasteiger partial charge in [0.1, 0.15) is 0 Å². The smallest absolute Gasteiger partial charge is 0.0496 e. The summed E-state index contributed by atoms with van der Waals surface area (Å²) in [4.78, 5) is 0. The van der Waals surface area contributed by atoms with E-state index in [1.54, 1.807) is 0 Å². The SMILES string of the molecule is Cn1c2ccccc2c2cc3c(cc21)c1cc(-c2ccc4c(c2)c2cc5c(cc2n4C)c2ccccc2n5C)ccc1n3C. The molecule has 44 heavy (non-hydrogen) atoms. The van der Waals surface area contributed by atoms with Gasteiger partial charge in [0, 0.05) is 115 Å². The fourth-order valence-corrected chi connectivity index (χ4v) is 8.08. The van der Waals surface area contributed by atoms with Gasteiger partial charge < -0.3 is 18.3 Å². The summed E-state index contributed by atoms with van der Waals surface area (Å²) in [5, 5.41) is 10.4. The lowest BCUT2D eigenvalue weighted by atomic mass is 10.00. The van der Waals surface area contributed by atoms with Gasteiger partial charge in [-0.25, -0.2) is 0 Å². The van der Waals surface area contributed by atoms with E-state index in [1.807, 2.05) is 0 Å². The van der Waals surface area contributed by atoms with Crippen molar-refractivity contribution in [2.75, 3.05) is 0 Å². The summed E-state index contributed by atoms with van der Waals surface area (Å²) >= 11 is 0. The molecule has 0 aliphatic heterocycles. The maximum absolute atomic E-state index is 2.39. The standard InChI is InChI=1S/C40H30N4/c1-41-33-11-7-5-9-25(33)29-19-39-31(21-37(29)41)27-17-23(13-15-35(27)43(39)3)24-14-16-36-28(18-24)32-22-38-30(20-40(32)44(36)4)26-10-6-8-12-34(26)42(38)2/h5-22H,1-4H3. The fraction of sp³-hybridized carbons (Fsp3) is 0.100. The largest absolute Gasteiger partial charge is 0.344 e. The van der Waals surface area contributed by atoms with Crippen molar-refractivity contribution in [3.63, 3.8) is 0 Å². The molecule has 4 heterocycles. The third-order valence-electron chi connectivity index (χ3n) is 10.4. The van der Waals surface area contributed by atoms with Crippen LogP contribution in [0.15, 0.2) is 109 Å². The molecule has 10 rings (SSSR count). The summed E-state index contributed by atoms with van der Waals surface area (Å²) in [6.07, 6.45) is 0. The average molecular weight is 567 g/mol. The van der Waals surface area contributed by atoms with Gasteiger partial charge in [-0.3, -0.25) is 0 Å². The van der Waals surface area contributed by atoms with E-state index in [4.69, 9.17) is 0 Å². The summed E-state index contributed by atoms with van der Waals surface area (Å²) in [7, 11) is 8.74. The van der Waals surface area contributed by atoms with Crippen LogP contribution in [0.25, 0.3) is 98.4 Å². The minimum Gasteiger partial charge on any atom is -0.344 e. The number of aromatic nitrogens is 4. The molecule has 0 aliphatic carbocycles. The molecule has 0 amide bonds. The van der Waals surface area contributed by atoms with Crippen LogP contribution >= 0.6 is 0 Å². The maximum atomic E-state index is 2.39. The van der Waals surface area contributed by atoms with Crippen molar-refractivity contribution >= 4 is 87.2 Å². The van der Waals surface area contributed by atoms with Gasteiger partial charge in [-0.05, 0) is 71.8 Å². The van der Waals surface area contributed by atoms with Crippen LogP contribution in [0.4, 0.5) is 0 Å². The molecule has 0 spiro atoms. The maximum Gasteiger partial charge on any atom is 0.0496 e. The molecule has 0 N–H and O–H groups in total. The predicted octanol–water partition coefficient (Wildman–Crippen LogP) is 9.93. The lowest BCUT2D eigenvalue weighted by Crippen LogP contribution is -1.88. The van der Waals surface area contributed by atoms with Crippen LogP contribution in [0.5, 0.6) is 0 Å².